The average molecular weight is 367 g/mol. The summed E-state index contributed by atoms with van der Waals surface area (Å²) in [6, 6.07) is 9.15. The summed E-state index contributed by atoms with van der Waals surface area (Å²) in [6.45, 7) is 3.05. The number of hydrogen-bond acceptors (Lipinski definition) is 7. The van der Waals surface area contributed by atoms with E-state index in [9.17, 15) is 4.79 Å². The minimum absolute atomic E-state index is 0.0961. The van der Waals surface area contributed by atoms with Gasteiger partial charge in [-0.2, -0.15) is 14.6 Å². The topological polar surface area (TPSA) is 91.1 Å². The summed E-state index contributed by atoms with van der Waals surface area (Å²) in [5, 5.41) is 4.12. The standard InChI is InChI=1S/C18H17N5O4/c1-11-6-16(23-18(21-11)19-10-20-23)26-12-7-22(8-12)17(24)15-9-25-13-4-2-3-5-14(13)27-15/h2-6,10,12,15H,7-9H2,1H3. The Kier molecular flexibility index (Phi) is 3.59. The van der Waals surface area contributed by atoms with Crippen LogP contribution in [0.3, 0.4) is 0 Å². The zero-order valence-electron chi connectivity index (χ0n) is 14.6. The SMILES string of the molecule is Cc1cc(OC2CN(C(=O)C3COc4ccccc4O3)C2)n2ncnc2n1. The first-order valence-corrected chi connectivity index (χ1v) is 8.69. The van der Waals surface area contributed by atoms with Gasteiger partial charge in [0.25, 0.3) is 11.7 Å². The highest BCUT2D eigenvalue weighted by Gasteiger charge is 2.39. The molecule has 1 amide bonds. The lowest BCUT2D eigenvalue weighted by molar-refractivity contribution is -0.150. The number of amides is 1. The number of ether oxygens (including phenoxy) is 3. The van der Waals surface area contributed by atoms with Gasteiger partial charge in [0.15, 0.2) is 11.5 Å². The Hall–Kier alpha value is -3.36. The second kappa shape index (κ2) is 6.11. The van der Waals surface area contributed by atoms with Crippen molar-refractivity contribution in [2.45, 2.75) is 19.1 Å². The minimum Gasteiger partial charge on any atom is -0.485 e. The molecule has 0 N–H and O–H groups in total. The molecule has 5 rings (SSSR count). The van der Waals surface area contributed by atoms with Gasteiger partial charge in [-0.3, -0.25) is 4.79 Å². The van der Waals surface area contributed by atoms with Gasteiger partial charge in [-0.15, -0.1) is 0 Å². The van der Waals surface area contributed by atoms with E-state index >= 15 is 0 Å². The number of hydrogen-bond donors (Lipinski definition) is 0. The lowest BCUT2D eigenvalue weighted by Crippen LogP contribution is -2.60. The van der Waals surface area contributed by atoms with Gasteiger partial charge < -0.3 is 19.1 Å². The van der Waals surface area contributed by atoms with Crippen LogP contribution in [-0.2, 0) is 4.79 Å². The van der Waals surface area contributed by atoms with Crippen molar-refractivity contribution in [2.75, 3.05) is 19.7 Å². The second-order valence-electron chi connectivity index (χ2n) is 6.55. The molecule has 1 unspecified atom stereocenters. The van der Waals surface area contributed by atoms with E-state index in [4.69, 9.17) is 14.2 Å². The number of likely N-dealkylation sites (tertiary alicyclic amines) is 1. The number of fused-ring (bicyclic) bond motifs is 2. The van der Waals surface area contributed by atoms with Gasteiger partial charge >= 0.3 is 0 Å². The predicted octanol–water partition coefficient (Wildman–Crippen LogP) is 0.862. The fraction of sp³-hybridized carbons (Fsp3) is 0.333. The molecule has 0 aliphatic carbocycles. The number of benzene rings is 1. The zero-order valence-corrected chi connectivity index (χ0v) is 14.6. The molecule has 27 heavy (non-hydrogen) atoms. The Morgan fingerprint density at radius 1 is 1.26 bits per heavy atom. The quantitative estimate of drug-likeness (QED) is 0.678. The van der Waals surface area contributed by atoms with E-state index in [0.717, 1.165) is 5.69 Å². The number of para-hydroxylation sites is 2. The van der Waals surface area contributed by atoms with E-state index < -0.39 is 6.10 Å². The lowest BCUT2D eigenvalue weighted by atomic mass is 10.1. The Balaban J connectivity index is 1.22. The number of carbonyl (C=O) groups excluding carboxylic acids is 1. The summed E-state index contributed by atoms with van der Waals surface area (Å²) in [4.78, 5) is 22.7. The molecule has 2 aromatic heterocycles. The van der Waals surface area contributed by atoms with Crippen LogP contribution < -0.4 is 14.2 Å². The van der Waals surface area contributed by atoms with E-state index in [1.54, 1.807) is 21.5 Å². The molecular formula is C18H17N5O4. The van der Waals surface area contributed by atoms with Gasteiger partial charge in [0.05, 0.1) is 13.1 Å². The van der Waals surface area contributed by atoms with Crippen LogP contribution in [0.1, 0.15) is 5.69 Å². The first-order chi connectivity index (χ1) is 13.2. The van der Waals surface area contributed by atoms with E-state index in [0.29, 0.717) is 36.2 Å². The molecular weight excluding hydrogens is 350 g/mol. The van der Waals surface area contributed by atoms with Crippen LogP contribution in [-0.4, -0.2) is 62.3 Å². The highest BCUT2D eigenvalue weighted by molar-refractivity contribution is 5.82. The highest BCUT2D eigenvalue weighted by Crippen LogP contribution is 2.31. The second-order valence-corrected chi connectivity index (χ2v) is 6.55. The molecule has 0 bridgehead atoms. The van der Waals surface area contributed by atoms with Crippen LogP contribution in [0.2, 0.25) is 0 Å². The Morgan fingerprint density at radius 3 is 2.93 bits per heavy atom. The van der Waals surface area contributed by atoms with E-state index in [-0.39, 0.29) is 18.6 Å². The van der Waals surface area contributed by atoms with Crippen molar-refractivity contribution in [3.63, 3.8) is 0 Å². The number of aromatic nitrogens is 4. The van der Waals surface area contributed by atoms with Crippen molar-refractivity contribution >= 4 is 11.7 Å². The van der Waals surface area contributed by atoms with Crippen LogP contribution in [0.5, 0.6) is 17.4 Å². The number of aryl methyl sites for hydroxylation is 1. The van der Waals surface area contributed by atoms with Crippen molar-refractivity contribution in [3.8, 4) is 17.4 Å². The molecule has 0 saturated carbocycles. The van der Waals surface area contributed by atoms with Crippen LogP contribution in [0, 0.1) is 6.92 Å². The van der Waals surface area contributed by atoms with Gasteiger partial charge in [-0.05, 0) is 19.1 Å². The average Bonchev–Trinajstić information content (AvgIpc) is 3.11. The highest BCUT2D eigenvalue weighted by atomic mass is 16.6. The predicted molar refractivity (Wildman–Crippen MR) is 92.9 cm³/mol. The number of carbonyl (C=O) groups is 1. The molecule has 138 valence electrons. The summed E-state index contributed by atoms with van der Waals surface area (Å²) in [7, 11) is 0. The molecule has 2 aliphatic heterocycles. The number of rotatable bonds is 3. The Bertz CT molecular complexity index is 1010. The van der Waals surface area contributed by atoms with Gasteiger partial charge in [-0.25, -0.2) is 4.98 Å². The normalized spacial score (nSPS) is 19.0. The van der Waals surface area contributed by atoms with Gasteiger partial charge in [0.1, 0.15) is 19.0 Å². The molecule has 1 fully saturated rings. The fourth-order valence-electron chi connectivity index (χ4n) is 3.19. The monoisotopic (exact) mass is 367 g/mol. The molecule has 4 heterocycles. The van der Waals surface area contributed by atoms with Gasteiger partial charge in [0.2, 0.25) is 12.0 Å². The zero-order chi connectivity index (χ0) is 18.4. The lowest BCUT2D eigenvalue weighted by Gasteiger charge is -2.40. The third-order valence-corrected chi connectivity index (χ3v) is 4.58. The maximum absolute atomic E-state index is 12.6. The van der Waals surface area contributed by atoms with E-state index in [2.05, 4.69) is 15.1 Å². The third-order valence-electron chi connectivity index (χ3n) is 4.58. The third kappa shape index (κ3) is 2.80. The van der Waals surface area contributed by atoms with Gasteiger partial charge in [0, 0.05) is 11.8 Å². The summed E-state index contributed by atoms with van der Waals surface area (Å²) in [6.07, 6.45) is 0.690. The number of nitrogens with zero attached hydrogens (tertiary/aromatic N) is 5. The van der Waals surface area contributed by atoms with Crippen LogP contribution >= 0.6 is 0 Å². The largest absolute Gasteiger partial charge is 0.485 e. The van der Waals surface area contributed by atoms with Crippen molar-refractivity contribution in [3.05, 3.63) is 42.4 Å². The molecule has 3 aromatic rings. The van der Waals surface area contributed by atoms with Crippen LogP contribution in [0.15, 0.2) is 36.7 Å². The smallest absolute Gasteiger partial charge is 0.267 e. The summed E-state index contributed by atoms with van der Waals surface area (Å²) >= 11 is 0. The maximum atomic E-state index is 12.6. The fourth-order valence-corrected chi connectivity index (χ4v) is 3.19. The molecule has 1 saturated heterocycles. The molecule has 2 aliphatic rings. The van der Waals surface area contributed by atoms with Crippen LogP contribution in [0.25, 0.3) is 5.78 Å². The molecule has 0 spiro atoms. The first kappa shape index (κ1) is 15.9. The van der Waals surface area contributed by atoms with Gasteiger partial charge in [-0.1, -0.05) is 12.1 Å². The first-order valence-electron chi connectivity index (χ1n) is 8.69. The molecule has 1 aromatic carbocycles. The Labute approximate surface area is 154 Å². The summed E-state index contributed by atoms with van der Waals surface area (Å²) in [5.74, 6) is 2.22. The summed E-state index contributed by atoms with van der Waals surface area (Å²) < 4.78 is 18.9. The minimum atomic E-state index is -0.633. The maximum Gasteiger partial charge on any atom is 0.267 e. The van der Waals surface area contributed by atoms with E-state index in [1.165, 1.54) is 6.33 Å². The van der Waals surface area contributed by atoms with Crippen LogP contribution in [0.4, 0.5) is 0 Å². The Morgan fingerprint density at radius 2 is 2.07 bits per heavy atom. The molecule has 9 heteroatoms. The summed E-state index contributed by atoms with van der Waals surface area (Å²) in [5.41, 5.74) is 0.796. The van der Waals surface area contributed by atoms with E-state index in [1.807, 2.05) is 25.1 Å². The van der Waals surface area contributed by atoms with Crippen molar-refractivity contribution < 1.29 is 19.0 Å². The van der Waals surface area contributed by atoms with Crippen molar-refractivity contribution in [1.29, 1.82) is 0 Å². The molecule has 9 nitrogen and oxygen atoms in total. The van der Waals surface area contributed by atoms with Crippen molar-refractivity contribution in [1.82, 2.24) is 24.5 Å². The molecule has 1 atom stereocenters. The molecule has 0 radical (unpaired) electrons. The van der Waals surface area contributed by atoms with Crippen molar-refractivity contribution in [2.24, 2.45) is 0 Å².